The van der Waals surface area contributed by atoms with E-state index < -0.39 is 16.9 Å². The summed E-state index contributed by atoms with van der Waals surface area (Å²) in [6.45, 7) is 3.19. The number of methoxy groups -OCH3 is 2. The van der Waals surface area contributed by atoms with Crippen LogP contribution in [0.25, 0.3) is 10.9 Å². The van der Waals surface area contributed by atoms with Gasteiger partial charge >= 0.3 is 5.97 Å². The molecule has 4 aromatic rings. The highest BCUT2D eigenvalue weighted by Crippen LogP contribution is 2.33. The molecule has 2 aromatic carbocycles. The molecular weight excluding hydrogens is 514 g/mol. The van der Waals surface area contributed by atoms with Gasteiger partial charge in [0.25, 0.3) is 0 Å². The van der Waals surface area contributed by atoms with E-state index in [9.17, 15) is 19.8 Å². The second-order valence-corrected chi connectivity index (χ2v) is 9.69. The highest BCUT2D eigenvalue weighted by atomic mass is 16.5. The Morgan fingerprint density at radius 3 is 2.50 bits per heavy atom. The third-order valence-corrected chi connectivity index (χ3v) is 6.47. The Kier molecular flexibility index (Phi) is 7.65. The highest BCUT2D eigenvalue weighted by Gasteiger charge is 2.24. The molecule has 40 heavy (non-hydrogen) atoms. The SMILES string of the molecule is COc1cc(Cc2cnc(N)nc2N)cc(C#Cc2ccc3c(=O)c(C(=O)O)cn(C(C)(C)CO)c3c2)c1OC. The summed E-state index contributed by atoms with van der Waals surface area (Å²) in [5.74, 6) is 6.14. The fourth-order valence-electron chi connectivity index (χ4n) is 4.28. The fourth-order valence-corrected chi connectivity index (χ4v) is 4.28. The van der Waals surface area contributed by atoms with Gasteiger partial charge in [-0.1, -0.05) is 11.8 Å². The normalized spacial score (nSPS) is 11.1. The number of aromatic carboxylic acids is 1. The number of nitrogens with two attached hydrogens (primary N) is 2. The monoisotopic (exact) mass is 543 g/mol. The number of nitrogens with zero attached hydrogens (tertiary/aromatic N) is 3. The molecular formula is C29H29N5O6. The molecule has 0 aliphatic carbocycles. The number of anilines is 2. The van der Waals surface area contributed by atoms with Gasteiger partial charge in [-0.3, -0.25) is 4.79 Å². The van der Waals surface area contributed by atoms with Crippen molar-refractivity contribution in [2.75, 3.05) is 32.3 Å². The van der Waals surface area contributed by atoms with E-state index in [4.69, 9.17) is 20.9 Å². The number of carbonyl (C=O) groups is 1. The van der Waals surface area contributed by atoms with Crippen molar-refractivity contribution in [3.05, 3.63) is 80.8 Å². The summed E-state index contributed by atoms with van der Waals surface area (Å²) in [6, 6.07) is 8.52. The van der Waals surface area contributed by atoms with Crippen molar-refractivity contribution in [3.8, 4) is 23.3 Å². The average Bonchev–Trinajstić information content (AvgIpc) is 2.92. The zero-order valence-electron chi connectivity index (χ0n) is 22.5. The number of aliphatic hydroxyl groups is 1. The van der Waals surface area contributed by atoms with Crippen molar-refractivity contribution >= 4 is 28.6 Å². The van der Waals surface area contributed by atoms with Gasteiger partial charge in [0.2, 0.25) is 11.4 Å². The lowest BCUT2D eigenvalue weighted by molar-refractivity contribution is 0.0693. The van der Waals surface area contributed by atoms with Gasteiger partial charge in [-0.05, 0) is 49.7 Å². The second-order valence-electron chi connectivity index (χ2n) is 9.69. The van der Waals surface area contributed by atoms with Crippen molar-refractivity contribution < 1.29 is 24.5 Å². The third-order valence-electron chi connectivity index (χ3n) is 6.47. The molecule has 0 saturated heterocycles. The van der Waals surface area contributed by atoms with Gasteiger partial charge in [-0.2, -0.15) is 4.98 Å². The molecule has 6 N–H and O–H groups in total. The van der Waals surface area contributed by atoms with E-state index in [1.165, 1.54) is 26.5 Å². The predicted octanol–water partition coefficient (Wildman–Crippen LogP) is 2.39. The lowest BCUT2D eigenvalue weighted by atomic mass is 10.0. The number of aliphatic hydroxyl groups excluding tert-OH is 1. The summed E-state index contributed by atoms with van der Waals surface area (Å²) in [5.41, 5.74) is 12.8. The first-order valence-electron chi connectivity index (χ1n) is 12.2. The lowest BCUT2D eigenvalue weighted by Gasteiger charge is -2.28. The van der Waals surface area contributed by atoms with Gasteiger partial charge in [0, 0.05) is 35.3 Å². The van der Waals surface area contributed by atoms with Gasteiger partial charge in [0.15, 0.2) is 11.5 Å². The molecule has 0 aliphatic heterocycles. The van der Waals surface area contributed by atoms with Gasteiger partial charge in [0.1, 0.15) is 11.4 Å². The highest BCUT2D eigenvalue weighted by molar-refractivity contribution is 5.93. The van der Waals surface area contributed by atoms with Crippen molar-refractivity contribution in [2.24, 2.45) is 0 Å². The minimum Gasteiger partial charge on any atom is -0.493 e. The van der Waals surface area contributed by atoms with Crippen LogP contribution < -0.4 is 26.4 Å². The molecule has 4 rings (SSSR count). The number of aromatic nitrogens is 3. The number of rotatable bonds is 7. The maximum absolute atomic E-state index is 12.9. The van der Waals surface area contributed by atoms with Crippen LogP contribution in [0.2, 0.25) is 0 Å². The van der Waals surface area contributed by atoms with Gasteiger partial charge in [0.05, 0.1) is 37.4 Å². The van der Waals surface area contributed by atoms with Crippen molar-refractivity contribution in [1.82, 2.24) is 14.5 Å². The Morgan fingerprint density at radius 2 is 1.88 bits per heavy atom. The number of hydrogen-bond acceptors (Lipinski definition) is 9. The molecule has 2 aromatic heterocycles. The minimum atomic E-state index is -1.34. The third kappa shape index (κ3) is 5.39. The van der Waals surface area contributed by atoms with E-state index in [0.29, 0.717) is 40.1 Å². The summed E-state index contributed by atoms with van der Waals surface area (Å²) >= 11 is 0. The maximum Gasteiger partial charge on any atom is 0.341 e. The molecule has 0 atom stereocenters. The van der Waals surface area contributed by atoms with E-state index in [2.05, 4.69) is 21.8 Å². The maximum atomic E-state index is 12.9. The molecule has 0 amide bonds. The number of pyridine rings is 1. The van der Waals surface area contributed by atoms with Crippen molar-refractivity contribution in [3.63, 3.8) is 0 Å². The standard InChI is InChI=1S/C29H29N5O6/c1-29(2,15-35)34-14-21(27(37)38)24(36)20-8-6-16(11-22(20)34)5-7-18-9-17(12-23(39-3)25(18)40-4)10-19-13-32-28(31)33-26(19)30/h6,8-9,11-14,35H,10,15H2,1-4H3,(H,37,38)(H4,30,31,32,33). The molecule has 0 fully saturated rings. The predicted molar refractivity (Wildman–Crippen MR) is 151 cm³/mol. The summed E-state index contributed by atoms with van der Waals surface area (Å²) in [7, 11) is 3.04. The number of carboxylic acids is 1. The molecule has 0 aliphatic rings. The zero-order valence-corrected chi connectivity index (χ0v) is 22.5. The number of fused-ring (bicyclic) bond motifs is 1. The van der Waals surface area contributed by atoms with E-state index in [1.54, 1.807) is 36.7 Å². The van der Waals surface area contributed by atoms with Crippen LogP contribution in [0.15, 0.2) is 47.5 Å². The summed E-state index contributed by atoms with van der Waals surface area (Å²) < 4.78 is 12.7. The Bertz CT molecular complexity index is 1750. The van der Waals surface area contributed by atoms with Crippen molar-refractivity contribution in [2.45, 2.75) is 25.8 Å². The van der Waals surface area contributed by atoms with Crippen LogP contribution in [0, 0.1) is 11.8 Å². The minimum absolute atomic E-state index is 0.0856. The number of carboxylic acid groups (broad SMARTS) is 1. The number of benzene rings is 2. The molecule has 11 nitrogen and oxygen atoms in total. The number of hydrogen-bond donors (Lipinski definition) is 4. The van der Waals surface area contributed by atoms with Crippen LogP contribution in [0.1, 0.15) is 46.5 Å². The zero-order chi connectivity index (χ0) is 29.2. The Hall–Kier alpha value is -5.08. The summed E-state index contributed by atoms with van der Waals surface area (Å²) in [4.78, 5) is 32.6. The first-order valence-corrected chi connectivity index (χ1v) is 12.2. The smallest absolute Gasteiger partial charge is 0.341 e. The number of nitrogen functional groups attached to an aromatic ring is 2. The quantitative estimate of drug-likeness (QED) is 0.253. The lowest BCUT2D eigenvalue weighted by Crippen LogP contribution is -2.33. The Balaban J connectivity index is 1.85. The topological polar surface area (TPSA) is 176 Å². The number of ether oxygens (including phenoxy) is 2. The largest absolute Gasteiger partial charge is 0.493 e. The molecule has 0 spiro atoms. The molecule has 0 unspecified atom stereocenters. The molecule has 206 valence electrons. The van der Waals surface area contributed by atoms with Gasteiger partial charge < -0.3 is 35.7 Å². The summed E-state index contributed by atoms with van der Waals surface area (Å²) in [6.07, 6.45) is 3.22. The molecule has 0 bridgehead atoms. The van der Waals surface area contributed by atoms with Crippen LogP contribution in [-0.2, 0) is 12.0 Å². The van der Waals surface area contributed by atoms with E-state index in [1.807, 2.05) is 12.1 Å². The molecule has 0 radical (unpaired) electrons. The molecule has 0 saturated carbocycles. The first-order chi connectivity index (χ1) is 19.0. The molecule has 2 heterocycles. The van der Waals surface area contributed by atoms with E-state index in [-0.39, 0.29) is 29.3 Å². The van der Waals surface area contributed by atoms with Crippen LogP contribution in [0.4, 0.5) is 11.8 Å². The molecule has 11 heteroatoms. The Morgan fingerprint density at radius 1 is 1.12 bits per heavy atom. The van der Waals surface area contributed by atoms with Crippen LogP contribution >= 0.6 is 0 Å². The van der Waals surface area contributed by atoms with Gasteiger partial charge in [-0.25, -0.2) is 9.78 Å². The van der Waals surface area contributed by atoms with Gasteiger partial charge in [-0.15, -0.1) is 0 Å². The average molecular weight is 544 g/mol. The first kappa shape index (κ1) is 27.9. The van der Waals surface area contributed by atoms with Crippen LogP contribution in [0.3, 0.4) is 0 Å². The van der Waals surface area contributed by atoms with E-state index in [0.717, 1.165) is 5.56 Å². The van der Waals surface area contributed by atoms with Crippen LogP contribution in [0.5, 0.6) is 11.5 Å². The van der Waals surface area contributed by atoms with Crippen molar-refractivity contribution in [1.29, 1.82) is 0 Å². The summed E-state index contributed by atoms with van der Waals surface area (Å²) in [5, 5.41) is 19.7. The second kappa shape index (κ2) is 11.0. The van der Waals surface area contributed by atoms with Crippen LogP contribution in [-0.4, -0.2) is 51.5 Å². The fraction of sp³-hybridized carbons (Fsp3) is 0.241. The van der Waals surface area contributed by atoms with E-state index >= 15 is 0 Å². The Labute approximate surface area is 230 Å².